The summed E-state index contributed by atoms with van der Waals surface area (Å²) in [5.74, 6) is -1.13. The van der Waals surface area contributed by atoms with E-state index in [4.69, 9.17) is 0 Å². The van der Waals surface area contributed by atoms with E-state index in [2.05, 4.69) is 0 Å². The minimum atomic E-state index is -2.97. The van der Waals surface area contributed by atoms with E-state index in [0.717, 1.165) is 5.56 Å². The Kier molecular flexibility index (Phi) is 3.28. The number of Topliss-reactive ketones (excluding diaryl/α,β-unsaturated/α-hetero) is 1. The third kappa shape index (κ3) is 2.38. The molecule has 0 unspecified atom stereocenters. The van der Waals surface area contributed by atoms with Crippen LogP contribution in [0.4, 0.5) is 8.78 Å². The van der Waals surface area contributed by atoms with E-state index in [9.17, 15) is 13.6 Å². The number of rotatable bonds is 3. The number of hydrogen-bond acceptors (Lipinski definition) is 1. The number of alkyl halides is 2. The van der Waals surface area contributed by atoms with Gasteiger partial charge in [0.25, 0.3) is 0 Å². The summed E-state index contributed by atoms with van der Waals surface area (Å²) in [5, 5.41) is 0. The summed E-state index contributed by atoms with van der Waals surface area (Å²) in [4.78, 5) is 11.4. The predicted molar refractivity (Wildman–Crippen MR) is 62.2 cm³/mol. The molecule has 0 spiro atoms. The third-order valence-corrected chi connectivity index (χ3v) is 2.48. The highest BCUT2D eigenvalue weighted by molar-refractivity contribution is 6.04. The van der Waals surface area contributed by atoms with Crippen molar-refractivity contribution in [2.45, 2.75) is 6.43 Å². The SMILES string of the molecule is O=C(c1ccccc1-c1ccccc1)C(F)F. The smallest absolute Gasteiger partial charge is 0.288 e. The van der Waals surface area contributed by atoms with Crippen LogP contribution in [-0.2, 0) is 0 Å². The summed E-state index contributed by atoms with van der Waals surface area (Å²) in [7, 11) is 0. The van der Waals surface area contributed by atoms with Gasteiger partial charge in [-0.25, -0.2) is 8.78 Å². The number of halogens is 2. The standard InChI is InChI=1S/C14H10F2O/c15-14(16)13(17)12-9-5-4-8-11(12)10-6-2-1-3-7-10/h1-9,14H. The van der Waals surface area contributed by atoms with E-state index in [1.807, 2.05) is 6.07 Å². The monoisotopic (exact) mass is 232 g/mol. The Bertz CT molecular complexity index is 521. The Balaban J connectivity index is 2.52. The van der Waals surface area contributed by atoms with E-state index in [1.165, 1.54) is 6.07 Å². The molecule has 0 amide bonds. The van der Waals surface area contributed by atoms with Crippen LogP contribution in [0.15, 0.2) is 54.6 Å². The molecule has 3 heteroatoms. The van der Waals surface area contributed by atoms with Gasteiger partial charge < -0.3 is 0 Å². The molecule has 2 aromatic carbocycles. The van der Waals surface area contributed by atoms with Crippen molar-refractivity contribution in [2.24, 2.45) is 0 Å². The summed E-state index contributed by atoms with van der Waals surface area (Å²) < 4.78 is 24.9. The van der Waals surface area contributed by atoms with Crippen molar-refractivity contribution >= 4 is 5.78 Å². The molecule has 0 aliphatic rings. The molecule has 0 aliphatic carbocycles. The highest BCUT2D eigenvalue weighted by atomic mass is 19.3. The van der Waals surface area contributed by atoms with Crippen molar-refractivity contribution in [3.63, 3.8) is 0 Å². The molecule has 86 valence electrons. The minimum Gasteiger partial charge on any atom is -0.288 e. The van der Waals surface area contributed by atoms with Gasteiger partial charge in [-0.1, -0.05) is 54.6 Å². The Labute approximate surface area is 97.7 Å². The summed E-state index contributed by atoms with van der Waals surface area (Å²) in [6.07, 6.45) is -2.97. The van der Waals surface area contributed by atoms with Gasteiger partial charge in [-0.05, 0) is 11.1 Å². The first kappa shape index (κ1) is 11.5. The molecule has 0 saturated heterocycles. The lowest BCUT2D eigenvalue weighted by Crippen LogP contribution is -2.11. The molecule has 0 atom stereocenters. The van der Waals surface area contributed by atoms with Crippen molar-refractivity contribution in [2.75, 3.05) is 0 Å². The fourth-order valence-electron chi connectivity index (χ4n) is 1.68. The second-order valence-corrected chi connectivity index (χ2v) is 3.58. The minimum absolute atomic E-state index is 0.0636. The van der Waals surface area contributed by atoms with Gasteiger partial charge in [-0.3, -0.25) is 4.79 Å². The van der Waals surface area contributed by atoms with Crippen LogP contribution in [0.3, 0.4) is 0 Å². The van der Waals surface area contributed by atoms with Gasteiger partial charge >= 0.3 is 6.43 Å². The molecule has 0 aliphatic heterocycles. The molecule has 2 aromatic rings. The molecule has 1 nitrogen and oxygen atoms in total. The first-order valence-corrected chi connectivity index (χ1v) is 5.17. The number of carbonyl (C=O) groups is 1. The zero-order chi connectivity index (χ0) is 12.3. The van der Waals surface area contributed by atoms with Crippen LogP contribution in [0.25, 0.3) is 11.1 Å². The van der Waals surface area contributed by atoms with E-state index in [0.29, 0.717) is 5.56 Å². The zero-order valence-electron chi connectivity index (χ0n) is 8.94. The molecular weight excluding hydrogens is 222 g/mol. The Morgan fingerprint density at radius 3 is 2.12 bits per heavy atom. The third-order valence-electron chi connectivity index (χ3n) is 2.48. The lowest BCUT2D eigenvalue weighted by atomic mass is 9.97. The van der Waals surface area contributed by atoms with Crippen LogP contribution in [0.2, 0.25) is 0 Å². The second kappa shape index (κ2) is 4.87. The molecular formula is C14H10F2O. The molecule has 17 heavy (non-hydrogen) atoms. The van der Waals surface area contributed by atoms with Crippen molar-refractivity contribution in [3.8, 4) is 11.1 Å². The molecule has 0 bridgehead atoms. The average Bonchev–Trinajstić information content (AvgIpc) is 2.39. The molecule has 2 rings (SSSR count). The topological polar surface area (TPSA) is 17.1 Å². The van der Waals surface area contributed by atoms with Gasteiger partial charge in [0.1, 0.15) is 0 Å². The van der Waals surface area contributed by atoms with Gasteiger partial charge in [0.05, 0.1) is 0 Å². The molecule has 0 N–H and O–H groups in total. The van der Waals surface area contributed by atoms with Crippen LogP contribution in [0.1, 0.15) is 10.4 Å². The number of benzene rings is 2. The van der Waals surface area contributed by atoms with Crippen molar-refractivity contribution in [1.82, 2.24) is 0 Å². The van der Waals surface area contributed by atoms with E-state index in [-0.39, 0.29) is 5.56 Å². The summed E-state index contributed by atoms with van der Waals surface area (Å²) in [6, 6.07) is 15.4. The molecule has 0 radical (unpaired) electrons. The largest absolute Gasteiger partial charge is 0.300 e. The first-order chi connectivity index (χ1) is 8.20. The fourth-order valence-corrected chi connectivity index (χ4v) is 1.68. The normalized spacial score (nSPS) is 10.5. The van der Waals surface area contributed by atoms with Gasteiger partial charge in [-0.15, -0.1) is 0 Å². The van der Waals surface area contributed by atoms with Gasteiger partial charge in [0, 0.05) is 5.56 Å². The van der Waals surface area contributed by atoms with Crippen LogP contribution >= 0.6 is 0 Å². The second-order valence-electron chi connectivity index (χ2n) is 3.58. The molecule has 0 aromatic heterocycles. The lowest BCUT2D eigenvalue weighted by molar-refractivity contribution is 0.0679. The van der Waals surface area contributed by atoms with Crippen molar-refractivity contribution in [3.05, 3.63) is 60.2 Å². The number of carbonyl (C=O) groups excluding carboxylic acids is 1. The predicted octanol–water partition coefficient (Wildman–Crippen LogP) is 3.80. The average molecular weight is 232 g/mol. The maximum absolute atomic E-state index is 12.5. The quantitative estimate of drug-likeness (QED) is 0.735. The number of ketones is 1. The van der Waals surface area contributed by atoms with E-state index < -0.39 is 12.2 Å². The van der Waals surface area contributed by atoms with Crippen LogP contribution < -0.4 is 0 Å². The maximum atomic E-state index is 12.5. The Hall–Kier alpha value is -2.03. The van der Waals surface area contributed by atoms with Crippen molar-refractivity contribution in [1.29, 1.82) is 0 Å². The zero-order valence-corrected chi connectivity index (χ0v) is 8.94. The summed E-state index contributed by atoms with van der Waals surface area (Å²) in [5.41, 5.74) is 1.37. The number of hydrogen-bond donors (Lipinski definition) is 0. The van der Waals surface area contributed by atoms with E-state index in [1.54, 1.807) is 42.5 Å². The molecule has 0 heterocycles. The molecule has 0 saturated carbocycles. The van der Waals surface area contributed by atoms with Crippen LogP contribution in [0, 0.1) is 0 Å². The van der Waals surface area contributed by atoms with Gasteiger partial charge in [0.15, 0.2) is 0 Å². The maximum Gasteiger partial charge on any atom is 0.300 e. The highest BCUT2D eigenvalue weighted by Crippen LogP contribution is 2.25. The van der Waals surface area contributed by atoms with Gasteiger partial charge in [-0.2, -0.15) is 0 Å². The Morgan fingerprint density at radius 2 is 1.47 bits per heavy atom. The first-order valence-electron chi connectivity index (χ1n) is 5.17. The van der Waals surface area contributed by atoms with Gasteiger partial charge in [0.2, 0.25) is 5.78 Å². The van der Waals surface area contributed by atoms with Crippen LogP contribution in [-0.4, -0.2) is 12.2 Å². The fraction of sp³-hybridized carbons (Fsp3) is 0.0714. The van der Waals surface area contributed by atoms with E-state index >= 15 is 0 Å². The lowest BCUT2D eigenvalue weighted by Gasteiger charge is -2.08. The summed E-state index contributed by atoms with van der Waals surface area (Å²) >= 11 is 0. The van der Waals surface area contributed by atoms with Crippen LogP contribution in [0.5, 0.6) is 0 Å². The summed E-state index contributed by atoms with van der Waals surface area (Å²) in [6.45, 7) is 0. The van der Waals surface area contributed by atoms with Crippen molar-refractivity contribution < 1.29 is 13.6 Å². The Morgan fingerprint density at radius 1 is 0.882 bits per heavy atom. The molecule has 0 fully saturated rings. The highest BCUT2D eigenvalue weighted by Gasteiger charge is 2.20.